The van der Waals surface area contributed by atoms with Crippen LogP contribution in [0.2, 0.25) is 0 Å². The number of nitrogens with one attached hydrogen (secondary N) is 1. The fourth-order valence-electron chi connectivity index (χ4n) is 1.34. The van der Waals surface area contributed by atoms with Crippen LogP contribution in [0.3, 0.4) is 0 Å². The quantitative estimate of drug-likeness (QED) is 0.404. The standard InChI is InChI=1S/C12H12I3NO3/c1-6(12(18)19)2-3-16-11(17)8-4-7(13)5-9(14)10(8)15/h4-6H,2-3H2,1H3,(H,16,17)(H,18,19). The minimum atomic E-state index is -0.840. The first-order valence-corrected chi connectivity index (χ1v) is 8.72. The van der Waals surface area contributed by atoms with Crippen LogP contribution >= 0.6 is 67.8 Å². The maximum atomic E-state index is 12.1. The minimum Gasteiger partial charge on any atom is -0.481 e. The van der Waals surface area contributed by atoms with Crippen LogP contribution in [-0.2, 0) is 4.79 Å². The second-order valence-corrected chi connectivity index (χ2v) is 7.52. The number of hydrogen-bond acceptors (Lipinski definition) is 2. The van der Waals surface area contributed by atoms with Gasteiger partial charge in [-0.25, -0.2) is 0 Å². The molecule has 1 atom stereocenters. The summed E-state index contributed by atoms with van der Waals surface area (Å²) in [5.74, 6) is -1.44. The van der Waals surface area contributed by atoms with Crippen molar-refractivity contribution < 1.29 is 14.7 Å². The maximum absolute atomic E-state index is 12.1. The smallest absolute Gasteiger partial charge is 0.306 e. The Labute approximate surface area is 152 Å². The molecule has 1 aromatic carbocycles. The molecule has 1 rings (SSSR count). The largest absolute Gasteiger partial charge is 0.481 e. The van der Waals surface area contributed by atoms with Gasteiger partial charge in [0, 0.05) is 17.3 Å². The third-order valence-electron chi connectivity index (χ3n) is 2.52. The van der Waals surface area contributed by atoms with E-state index in [4.69, 9.17) is 5.11 Å². The average Bonchev–Trinajstić information content (AvgIpc) is 2.33. The first kappa shape index (κ1) is 17.4. The van der Waals surface area contributed by atoms with Gasteiger partial charge in [0.1, 0.15) is 0 Å². The minimum absolute atomic E-state index is 0.154. The number of aliphatic carboxylic acids is 1. The van der Waals surface area contributed by atoms with Crippen LogP contribution < -0.4 is 5.32 Å². The van der Waals surface area contributed by atoms with Gasteiger partial charge in [0.2, 0.25) is 0 Å². The van der Waals surface area contributed by atoms with Gasteiger partial charge in [0.15, 0.2) is 0 Å². The van der Waals surface area contributed by atoms with E-state index >= 15 is 0 Å². The van der Waals surface area contributed by atoms with Crippen molar-refractivity contribution in [1.29, 1.82) is 0 Å². The molecular weight excluding hydrogens is 587 g/mol. The molecule has 1 amide bonds. The highest BCUT2D eigenvalue weighted by Crippen LogP contribution is 2.22. The van der Waals surface area contributed by atoms with Crippen LogP contribution in [0.25, 0.3) is 0 Å². The zero-order valence-electron chi connectivity index (χ0n) is 10.0. The van der Waals surface area contributed by atoms with Gasteiger partial charge in [-0.15, -0.1) is 0 Å². The number of carboxylic acids is 1. The molecule has 0 aliphatic carbocycles. The van der Waals surface area contributed by atoms with Crippen LogP contribution in [0.5, 0.6) is 0 Å². The second-order valence-electron chi connectivity index (χ2n) is 4.03. The van der Waals surface area contributed by atoms with Gasteiger partial charge in [0.05, 0.1) is 11.5 Å². The number of carbonyl (C=O) groups excluding carboxylic acids is 1. The normalized spacial score (nSPS) is 12.0. The predicted molar refractivity (Wildman–Crippen MR) is 98.3 cm³/mol. The molecule has 0 aliphatic rings. The lowest BCUT2D eigenvalue weighted by atomic mass is 10.1. The summed E-state index contributed by atoms with van der Waals surface area (Å²) in [6, 6.07) is 3.84. The van der Waals surface area contributed by atoms with Crippen molar-refractivity contribution in [2.75, 3.05) is 6.54 Å². The Morgan fingerprint density at radius 3 is 2.53 bits per heavy atom. The Kier molecular flexibility index (Phi) is 7.29. The fraction of sp³-hybridized carbons (Fsp3) is 0.333. The molecule has 0 bridgehead atoms. The highest BCUT2D eigenvalue weighted by Gasteiger charge is 2.15. The van der Waals surface area contributed by atoms with Crippen LogP contribution in [-0.4, -0.2) is 23.5 Å². The summed E-state index contributed by atoms with van der Waals surface area (Å²) in [4.78, 5) is 22.7. The molecular formula is C12H12I3NO3. The number of rotatable bonds is 5. The van der Waals surface area contributed by atoms with E-state index in [0.29, 0.717) is 18.5 Å². The van der Waals surface area contributed by atoms with Crippen LogP contribution in [0, 0.1) is 16.6 Å². The topological polar surface area (TPSA) is 66.4 Å². The SMILES string of the molecule is CC(CCNC(=O)c1cc(I)cc(I)c1I)C(=O)O. The van der Waals surface area contributed by atoms with E-state index in [1.807, 2.05) is 12.1 Å². The number of amides is 1. The molecule has 0 heterocycles. The number of hydrogen-bond donors (Lipinski definition) is 2. The van der Waals surface area contributed by atoms with E-state index in [-0.39, 0.29) is 5.91 Å². The third-order valence-corrected chi connectivity index (χ3v) is 6.19. The molecule has 4 nitrogen and oxygen atoms in total. The highest BCUT2D eigenvalue weighted by atomic mass is 127. The summed E-state index contributed by atoms with van der Waals surface area (Å²) in [5.41, 5.74) is 0.639. The summed E-state index contributed by atoms with van der Waals surface area (Å²) >= 11 is 6.51. The van der Waals surface area contributed by atoms with Crippen molar-refractivity contribution in [2.45, 2.75) is 13.3 Å². The third kappa shape index (κ3) is 5.33. The van der Waals surface area contributed by atoms with Crippen LogP contribution in [0.15, 0.2) is 12.1 Å². The van der Waals surface area contributed by atoms with Crippen molar-refractivity contribution >= 4 is 79.6 Å². The predicted octanol–water partition coefficient (Wildman–Crippen LogP) is 3.34. The Hall–Kier alpha value is 0.350. The van der Waals surface area contributed by atoms with E-state index in [0.717, 1.165) is 10.7 Å². The highest BCUT2D eigenvalue weighted by molar-refractivity contribution is 14.1. The molecule has 0 aromatic heterocycles. The Balaban J connectivity index is 2.67. The Bertz CT molecular complexity index is 505. The lowest BCUT2D eigenvalue weighted by Crippen LogP contribution is -2.28. The molecule has 0 fully saturated rings. The zero-order valence-corrected chi connectivity index (χ0v) is 16.5. The fourth-order valence-corrected chi connectivity index (χ4v) is 3.74. The lowest BCUT2D eigenvalue weighted by molar-refractivity contribution is -0.141. The van der Waals surface area contributed by atoms with E-state index < -0.39 is 11.9 Å². The second kappa shape index (κ2) is 7.96. The summed E-state index contributed by atoms with van der Waals surface area (Å²) < 4.78 is 2.96. The zero-order chi connectivity index (χ0) is 14.6. The van der Waals surface area contributed by atoms with Crippen LogP contribution in [0.1, 0.15) is 23.7 Å². The monoisotopic (exact) mass is 599 g/mol. The molecule has 0 spiro atoms. The van der Waals surface area contributed by atoms with Gasteiger partial charge in [-0.3, -0.25) is 9.59 Å². The van der Waals surface area contributed by atoms with Crippen LogP contribution in [0.4, 0.5) is 0 Å². The molecule has 0 saturated carbocycles. The van der Waals surface area contributed by atoms with Gasteiger partial charge < -0.3 is 10.4 Å². The van der Waals surface area contributed by atoms with Crippen molar-refractivity contribution in [2.24, 2.45) is 5.92 Å². The maximum Gasteiger partial charge on any atom is 0.306 e. The molecule has 7 heteroatoms. The number of carbonyl (C=O) groups is 2. The Morgan fingerprint density at radius 1 is 1.32 bits per heavy atom. The van der Waals surface area contributed by atoms with Crippen molar-refractivity contribution in [3.63, 3.8) is 0 Å². The van der Waals surface area contributed by atoms with Crippen molar-refractivity contribution in [3.05, 3.63) is 28.4 Å². The summed E-state index contributed by atoms with van der Waals surface area (Å²) in [5, 5.41) is 11.5. The summed E-state index contributed by atoms with van der Waals surface area (Å²) in [6.45, 7) is 2.00. The van der Waals surface area contributed by atoms with Gasteiger partial charge >= 0.3 is 5.97 Å². The molecule has 0 radical (unpaired) electrons. The van der Waals surface area contributed by atoms with E-state index in [1.165, 1.54) is 0 Å². The van der Waals surface area contributed by atoms with E-state index in [2.05, 4.69) is 73.1 Å². The molecule has 0 saturated heterocycles. The van der Waals surface area contributed by atoms with Gasteiger partial charge in [-0.1, -0.05) is 6.92 Å². The van der Waals surface area contributed by atoms with Crippen molar-refractivity contribution in [3.8, 4) is 0 Å². The summed E-state index contributed by atoms with van der Waals surface area (Å²) in [7, 11) is 0. The number of halogens is 3. The average molecular weight is 599 g/mol. The Morgan fingerprint density at radius 2 is 1.95 bits per heavy atom. The summed E-state index contributed by atoms with van der Waals surface area (Å²) in [6.07, 6.45) is 0.429. The van der Waals surface area contributed by atoms with Gasteiger partial charge in [-0.2, -0.15) is 0 Å². The number of carboxylic acid groups (broad SMARTS) is 1. The molecule has 104 valence electrons. The van der Waals surface area contributed by atoms with Gasteiger partial charge in [-0.05, 0) is 86.3 Å². The molecule has 1 aromatic rings. The molecule has 1 unspecified atom stereocenters. The first-order chi connectivity index (χ1) is 8.82. The van der Waals surface area contributed by atoms with E-state index in [1.54, 1.807) is 6.92 Å². The first-order valence-electron chi connectivity index (χ1n) is 5.48. The van der Waals surface area contributed by atoms with E-state index in [9.17, 15) is 9.59 Å². The van der Waals surface area contributed by atoms with Crippen molar-refractivity contribution in [1.82, 2.24) is 5.32 Å². The molecule has 2 N–H and O–H groups in total. The lowest BCUT2D eigenvalue weighted by Gasteiger charge is -2.10. The molecule has 0 aliphatic heterocycles. The number of benzene rings is 1. The van der Waals surface area contributed by atoms with Gasteiger partial charge in [0.25, 0.3) is 5.91 Å². The molecule has 19 heavy (non-hydrogen) atoms.